The Bertz CT molecular complexity index is 1530. The summed E-state index contributed by atoms with van der Waals surface area (Å²) in [6, 6.07) is 7.09. The maximum Gasteiger partial charge on any atom is 0.306 e. The topological polar surface area (TPSA) is 178 Å². The fourth-order valence-corrected chi connectivity index (χ4v) is 3.95. The van der Waals surface area contributed by atoms with Crippen molar-refractivity contribution in [2.24, 2.45) is 0 Å². The van der Waals surface area contributed by atoms with Crippen LogP contribution in [0, 0.1) is 23.0 Å². The lowest BCUT2D eigenvalue weighted by Crippen LogP contribution is -2.36. The number of carbonyl (C=O) groups excluding carboxylic acids is 1. The predicted molar refractivity (Wildman–Crippen MR) is 119 cm³/mol. The number of nitrogens with one attached hydrogen (secondary N) is 3. The summed E-state index contributed by atoms with van der Waals surface area (Å²) in [6.45, 7) is -2.02. The van der Waals surface area contributed by atoms with Crippen LogP contribution in [0.25, 0.3) is 0 Å². The van der Waals surface area contributed by atoms with Gasteiger partial charge in [-0.05, 0) is 24.3 Å². The van der Waals surface area contributed by atoms with E-state index < -0.39 is 80.1 Å². The zero-order valence-corrected chi connectivity index (χ0v) is 19.2. The van der Waals surface area contributed by atoms with Gasteiger partial charge in [-0.1, -0.05) is 6.07 Å². The molecule has 1 unspecified atom stereocenters. The summed E-state index contributed by atoms with van der Waals surface area (Å²) in [5.41, 5.74) is -5.11. The van der Waals surface area contributed by atoms with E-state index in [1.165, 1.54) is 30.5 Å². The van der Waals surface area contributed by atoms with Crippen LogP contribution in [0.1, 0.15) is 27.9 Å². The molecule has 1 amide bonds. The van der Waals surface area contributed by atoms with Gasteiger partial charge in [-0.25, -0.2) is 4.39 Å². The number of pyridine rings is 3. The van der Waals surface area contributed by atoms with Crippen molar-refractivity contribution in [3.8, 4) is 6.07 Å². The van der Waals surface area contributed by atoms with Crippen molar-refractivity contribution in [3.05, 3.63) is 87.2 Å². The van der Waals surface area contributed by atoms with E-state index in [1.54, 1.807) is 0 Å². The largest absolute Gasteiger partial charge is 0.363 e. The lowest BCUT2D eigenvalue weighted by atomic mass is 10.1. The fourth-order valence-electron chi connectivity index (χ4n) is 3.12. The molecule has 0 radical (unpaired) electrons. The third-order valence-corrected chi connectivity index (χ3v) is 5.92. The average molecular weight is 540 g/mol. The van der Waals surface area contributed by atoms with Gasteiger partial charge in [0, 0.05) is 12.4 Å². The molecule has 16 heteroatoms. The smallest absolute Gasteiger partial charge is 0.306 e. The molecule has 0 saturated heterocycles. The van der Waals surface area contributed by atoms with Crippen molar-refractivity contribution in [1.29, 1.82) is 5.26 Å². The number of rotatable bonds is 9. The molecule has 0 aliphatic rings. The highest BCUT2D eigenvalue weighted by Gasteiger charge is 2.39. The summed E-state index contributed by atoms with van der Waals surface area (Å²) in [4.78, 5) is 34.1. The Balaban J connectivity index is 2.00. The van der Waals surface area contributed by atoms with Crippen LogP contribution >= 0.6 is 0 Å². The minimum atomic E-state index is -5.45. The van der Waals surface area contributed by atoms with Crippen LogP contribution in [-0.2, 0) is 27.4 Å². The second-order valence-corrected chi connectivity index (χ2v) is 8.86. The molecule has 0 aliphatic heterocycles. The quantitative estimate of drug-likeness (QED) is 0.233. The van der Waals surface area contributed by atoms with Gasteiger partial charge in [0.2, 0.25) is 22.4 Å². The second kappa shape index (κ2) is 10.7. The van der Waals surface area contributed by atoms with Gasteiger partial charge < -0.3 is 15.6 Å². The molecule has 0 aromatic carbocycles. The molecule has 37 heavy (non-hydrogen) atoms. The molecule has 1 atom stereocenters. The first kappa shape index (κ1) is 27.2. The molecule has 0 spiro atoms. The number of aromatic amines is 1. The second-order valence-electron chi connectivity index (χ2n) is 7.36. The number of hydrogen-bond acceptors (Lipinski definition) is 8. The van der Waals surface area contributed by atoms with Gasteiger partial charge in [-0.3, -0.25) is 24.1 Å². The molecule has 3 rings (SSSR count). The maximum absolute atomic E-state index is 14.6. The van der Waals surface area contributed by atoms with Crippen LogP contribution in [0.5, 0.6) is 0 Å². The van der Waals surface area contributed by atoms with Crippen LogP contribution in [0.4, 0.5) is 23.4 Å². The van der Waals surface area contributed by atoms with E-state index in [0.717, 1.165) is 18.3 Å². The molecular formula is C21H16F4N6O5S. The number of amides is 1. The normalized spacial score (nSPS) is 12.4. The van der Waals surface area contributed by atoms with Crippen LogP contribution in [0.2, 0.25) is 0 Å². The number of nitrogens with zero attached hydrogens (tertiary/aromatic N) is 3. The molecule has 0 aliphatic carbocycles. The van der Waals surface area contributed by atoms with E-state index in [1.807, 2.05) is 15.6 Å². The van der Waals surface area contributed by atoms with E-state index in [0.29, 0.717) is 0 Å². The zero-order chi connectivity index (χ0) is 27.4. The number of H-pyrrole nitrogens is 1. The van der Waals surface area contributed by atoms with Gasteiger partial charge in [-0.2, -0.15) is 26.9 Å². The van der Waals surface area contributed by atoms with Gasteiger partial charge in [-0.15, -0.1) is 0 Å². The van der Waals surface area contributed by atoms with Crippen LogP contribution in [-0.4, -0.2) is 40.4 Å². The van der Waals surface area contributed by atoms with Crippen molar-refractivity contribution in [3.63, 3.8) is 0 Å². The average Bonchev–Trinajstić information content (AvgIpc) is 2.85. The Labute approximate surface area is 206 Å². The van der Waals surface area contributed by atoms with Crippen molar-refractivity contribution in [2.45, 2.75) is 17.7 Å². The highest BCUT2D eigenvalue weighted by atomic mass is 32.2. The summed E-state index contributed by atoms with van der Waals surface area (Å²) in [5.74, 6) is -8.98. The SMILES string of the molecule is N#Cc1c(C(C(=O)NCc2ncccc2F)S(=O)(=O)O)[nH]c(NCC(F)(F)c2ccccn2)c(F)c1=O. The summed E-state index contributed by atoms with van der Waals surface area (Å²) in [5, 5.41) is 10.5. The highest BCUT2D eigenvalue weighted by molar-refractivity contribution is 7.86. The van der Waals surface area contributed by atoms with Crippen molar-refractivity contribution in [1.82, 2.24) is 20.3 Å². The lowest BCUT2D eigenvalue weighted by molar-refractivity contribution is -0.121. The molecule has 11 nitrogen and oxygen atoms in total. The van der Waals surface area contributed by atoms with E-state index >= 15 is 0 Å². The summed E-state index contributed by atoms with van der Waals surface area (Å²) < 4.78 is 91.1. The Morgan fingerprint density at radius 1 is 1.19 bits per heavy atom. The Morgan fingerprint density at radius 2 is 1.89 bits per heavy atom. The Hall–Kier alpha value is -4.36. The highest BCUT2D eigenvalue weighted by Crippen LogP contribution is 2.28. The zero-order valence-electron chi connectivity index (χ0n) is 18.4. The Morgan fingerprint density at radius 3 is 2.49 bits per heavy atom. The number of anilines is 1. The molecule has 0 fully saturated rings. The predicted octanol–water partition coefficient (Wildman–Crippen LogP) is 1.76. The maximum atomic E-state index is 14.6. The number of alkyl halides is 2. The molecule has 0 bridgehead atoms. The van der Waals surface area contributed by atoms with Gasteiger partial charge in [0.25, 0.3) is 10.1 Å². The van der Waals surface area contributed by atoms with Crippen LogP contribution in [0.3, 0.4) is 0 Å². The number of aromatic nitrogens is 3. The van der Waals surface area contributed by atoms with Crippen molar-refractivity contribution < 1.29 is 35.3 Å². The third-order valence-electron chi connectivity index (χ3n) is 4.88. The first-order valence-electron chi connectivity index (χ1n) is 10.1. The van der Waals surface area contributed by atoms with E-state index in [-0.39, 0.29) is 5.69 Å². The monoisotopic (exact) mass is 540 g/mol. The molecule has 194 valence electrons. The first-order chi connectivity index (χ1) is 17.4. The minimum absolute atomic E-state index is 0.322. The molecule has 3 heterocycles. The van der Waals surface area contributed by atoms with Crippen LogP contribution < -0.4 is 16.1 Å². The van der Waals surface area contributed by atoms with E-state index in [9.17, 15) is 45.4 Å². The van der Waals surface area contributed by atoms with E-state index in [2.05, 4.69) is 9.97 Å². The van der Waals surface area contributed by atoms with Gasteiger partial charge >= 0.3 is 5.92 Å². The summed E-state index contributed by atoms with van der Waals surface area (Å²) >= 11 is 0. The summed E-state index contributed by atoms with van der Waals surface area (Å²) in [6.07, 6.45) is 2.26. The van der Waals surface area contributed by atoms with Gasteiger partial charge in [0.15, 0.2) is 0 Å². The molecule has 3 aromatic heterocycles. The summed E-state index contributed by atoms with van der Waals surface area (Å²) in [7, 11) is -5.45. The molecule has 4 N–H and O–H groups in total. The fraction of sp³-hybridized carbons (Fsp3) is 0.190. The van der Waals surface area contributed by atoms with E-state index in [4.69, 9.17) is 0 Å². The molecule has 0 saturated carbocycles. The first-order valence-corrected chi connectivity index (χ1v) is 11.6. The van der Waals surface area contributed by atoms with Crippen LogP contribution in [0.15, 0.2) is 47.5 Å². The number of halogens is 4. The van der Waals surface area contributed by atoms with Gasteiger partial charge in [0.1, 0.15) is 29.0 Å². The minimum Gasteiger partial charge on any atom is -0.363 e. The molecule has 3 aromatic rings. The number of hydrogen-bond donors (Lipinski definition) is 4. The van der Waals surface area contributed by atoms with Gasteiger partial charge in [0.05, 0.1) is 24.5 Å². The van der Waals surface area contributed by atoms with Crippen molar-refractivity contribution in [2.75, 3.05) is 11.9 Å². The molecular weight excluding hydrogens is 524 g/mol. The Kier molecular flexibility index (Phi) is 7.89. The lowest BCUT2D eigenvalue weighted by Gasteiger charge is -2.20. The number of carbonyl (C=O) groups is 1. The third kappa shape index (κ3) is 6.08. The van der Waals surface area contributed by atoms with Crippen molar-refractivity contribution >= 4 is 21.8 Å². The standard InChI is InChI=1S/C21H16F4N6O5S/c22-12-4-3-7-27-13(12)9-29-20(33)18(37(34,35)36)16-11(8-26)17(32)15(23)19(31-16)30-10-21(24,25)14-5-1-2-6-28-14/h1-7,18H,9-10H2,(H,29,33)(H2,30,31,32)(H,34,35,36). The number of nitriles is 1.